The molecule has 4 amide bonds. The maximum absolute atomic E-state index is 12.7. The van der Waals surface area contributed by atoms with E-state index in [1.807, 2.05) is 26.0 Å². The van der Waals surface area contributed by atoms with Gasteiger partial charge in [-0.15, -0.1) is 0 Å². The molecule has 0 aromatic heterocycles. The van der Waals surface area contributed by atoms with Gasteiger partial charge in [0.15, 0.2) is 0 Å². The van der Waals surface area contributed by atoms with Crippen LogP contribution in [0.15, 0.2) is 12.2 Å². The van der Waals surface area contributed by atoms with Crippen LogP contribution in [0.25, 0.3) is 0 Å². The maximum Gasteiger partial charge on any atom is 0.233 e. The third-order valence-electron chi connectivity index (χ3n) is 7.16. The van der Waals surface area contributed by atoms with Gasteiger partial charge in [-0.3, -0.25) is 29.0 Å². The lowest BCUT2D eigenvalue weighted by molar-refractivity contribution is -0.166. The second-order valence-corrected chi connectivity index (χ2v) is 7.64. The molecule has 0 aromatic carbocycles. The van der Waals surface area contributed by atoms with Gasteiger partial charge in [0.25, 0.3) is 0 Å². The zero-order chi connectivity index (χ0) is 16.9. The Kier molecular flexibility index (Phi) is 2.60. The molecule has 6 nitrogen and oxygen atoms in total. The van der Waals surface area contributed by atoms with E-state index in [-0.39, 0.29) is 71.0 Å². The number of amides is 4. The standard InChI is InChI=1S/C18H20N2O4/c1-3-19-15(21)11-7-5-6-8(12(11)16(19)22)10-9(7)13-14(10)18(24)20(4-2)17(13)23/h5-14H,3-4H2,1-2H3. The van der Waals surface area contributed by atoms with E-state index in [0.717, 1.165) is 0 Å². The van der Waals surface area contributed by atoms with E-state index in [2.05, 4.69) is 0 Å². The molecule has 24 heavy (non-hydrogen) atoms. The number of hydrogen-bond acceptors (Lipinski definition) is 4. The summed E-state index contributed by atoms with van der Waals surface area (Å²) in [5.41, 5.74) is 0. The van der Waals surface area contributed by atoms with Gasteiger partial charge in [0.05, 0.1) is 23.7 Å². The Balaban J connectivity index is 1.57. The van der Waals surface area contributed by atoms with Gasteiger partial charge in [0.2, 0.25) is 23.6 Å². The molecule has 0 N–H and O–H groups in total. The Bertz CT molecular complexity index is 673. The van der Waals surface area contributed by atoms with Crippen molar-refractivity contribution in [3.63, 3.8) is 0 Å². The van der Waals surface area contributed by atoms with Crippen molar-refractivity contribution < 1.29 is 19.2 Å². The first-order valence-electron chi connectivity index (χ1n) is 8.91. The Morgan fingerprint density at radius 1 is 0.667 bits per heavy atom. The lowest BCUT2D eigenvalue weighted by Gasteiger charge is -2.60. The van der Waals surface area contributed by atoms with Crippen molar-refractivity contribution in [1.82, 2.24) is 9.80 Å². The van der Waals surface area contributed by atoms with Gasteiger partial charge in [-0.1, -0.05) is 12.2 Å². The number of hydrogen-bond donors (Lipinski definition) is 0. The van der Waals surface area contributed by atoms with Gasteiger partial charge < -0.3 is 0 Å². The van der Waals surface area contributed by atoms with Crippen molar-refractivity contribution in [3.8, 4) is 0 Å². The second-order valence-electron chi connectivity index (χ2n) is 7.64. The van der Waals surface area contributed by atoms with Crippen molar-refractivity contribution in [3.05, 3.63) is 12.2 Å². The quantitative estimate of drug-likeness (QED) is 0.539. The predicted octanol–water partition coefficient (Wildman–Crippen LogP) is 0.290. The average Bonchev–Trinajstić information content (AvgIpc) is 2.91. The van der Waals surface area contributed by atoms with Crippen LogP contribution in [0.1, 0.15) is 13.8 Å². The first kappa shape index (κ1) is 14.4. The smallest absolute Gasteiger partial charge is 0.233 e. The van der Waals surface area contributed by atoms with Crippen LogP contribution in [-0.2, 0) is 19.2 Å². The molecule has 2 aliphatic heterocycles. The van der Waals surface area contributed by atoms with E-state index >= 15 is 0 Å². The zero-order valence-electron chi connectivity index (χ0n) is 13.7. The van der Waals surface area contributed by atoms with Crippen molar-refractivity contribution in [2.24, 2.45) is 47.3 Å². The van der Waals surface area contributed by atoms with Gasteiger partial charge in [-0.2, -0.15) is 0 Å². The summed E-state index contributed by atoms with van der Waals surface area (Å²) >= 11 is 0. The highest BCUT2D eigenvalue weighted by Gasteiger charge is 2.74. The fourth-order valence-corrected chi connectivity index (χ4v) is 6.35. The summed E-state index contributed by atoms with van der Waals surface area (Å²) in [6, 6.07) is 0. The summed E-state index contributed by atoms with van der Waals surface area (Å²) < 4.78 is 0. The van der Waals surface area contributed by atoms with Crippen molar-refractivity contribution in [2.45, 2.75) is 13.8 Å². The van der Waals surface area contributed by atoms with E-state index in [9.17, 15) is 19.2 Å². The molecular weight excluding hydrogens is 308 g/mol. The van der Waals surface area contributed by atoms with Crippen molar-refractivity contribution in [1.29, 1.82) is 0 Å². The molecule has 126 valence electrons. The molecule has 6 aliphatic rings. The molecular formula is C18H20N2O4. The molecule has 6 heteroatoms. The highest BCUT2D eigenvalue weighted by Crippen LogP contribution is 2.68. The van der Waals surface area contributed by atoms with Gasteiger partial charge in [-0.05, 0) is 37.5 Å². The Labute approximate surface area is 139 Å². The molecule has 8 unspecified atom stereocenters. The molecule has 4 aliphatic carbocycles. The molecule has 0 spiro atoms. The number of likely N-dealkylation sites (tertiary alicyclic amines) is 2. The van der Waals surface area contributed by atoms with Crippen LogP contribution in [0.5, 0.6) is 0 Å². The third-order valence-corrected chi connectivity index (χ3v) is 7.16. The molecule has 0 aromatic rings. The summed E-state index contributed by atoms with van der Waals surface area (Å²) in [5, 5.41) is 0. The number of imide groups is 2. The largest absolute Gasteiger partial charge is 0.282 e. The van der Waals surface area contributed by atoms with Crippen LogP contribution in [0, 0.1) is 47.3 Å². The Morgan fingerprint density at radius 2 is 1.00 bits per heavy atom. The second kappa shape index (κ2) is 4.35. The van der Waals surface area contributed by atoms with E-state index in [1.54, 1.807) is 0 Å². The summed E-state index contributed by atoms with van der Waals surface area (Å²) in [6.45, 7) is 4.44. The fraction of sp³-hybridized carbons (Fsp3) is 0.667. The molecule has 2 heterocycles. The minimum Gasteiger partial charge on any atom is -0.282 e. The van der Waals surface area contributed by atoms with Crippen LogP contribution in [-0.4, -0.2) is 46.5 Å². The lowest BCUT2D eigenvalue weighted by Crippen LogP contribution is -2.63. The van der Waals surface area contributed by atoms with Crippen LogP contribution in [0.4, 0.5) is 0 Å². The number of fused-ring (bicyclic) bond motifs is 1. The van der Waals surface area contributed by atoms with Crippen molar-refractivity contribution in [2.75, 3.05) is 13.1 Å². The number of nitrogens with zero attached hydrogens (tertiary/aromatic N) is 2. The summed E-state index contributed by atoms with van der Waals surface area (Å²) in [6.07, 6.45) is 4.08. The fourth-order valence-electron chi connectivity index (χ4n) is 6.35. The minimum atomic E-state index is -0.326. The first-order valence-corrected chi connectivity index (χ1v) is 8.91. The van der Waals surface area contributed by atoms with Crippen molar-refractivity contribution >= 4 is 23.6 Å². The van der Waals surface area contributed by atoms with Gasteiger partial charge in [0.1, 0.15) is 0 Å². The van der Waals surface area contributed by atoms with Crippen LogP contribution in [0.2, 0.25) is 0 Å². The maximum atomic E-state index is 12.7. The number of allylic oxidation sites excluding steroid dienone is 2. The molecule has 2 bridgehead atoms. The molecule has 8 atom stereocenters. The predicted molar refractivity (Wildman–Crippen MR) is 81.8 cm³/mol. The SMILES string of the molecule is CCN1C(=O)C2C3C=CC(C2C1=O)C1C2C(=O)N(CC)C(=O)C2C31. The summed E-state index contributed by atoms with van der Waals surface area (Å²) in [5.74, 6) is -1.58. The monoisotopic (exact) mass is 328 g/mol. The highest BCUT2D eigenvalue weighted by molar-refractivity contribution is 6.09. The Hall–Kier alpha value is -1.98. The number of carbonyl (C=O) groups excluding carboxylic acids is 4. The van der Waals surface area contributed by atoms with Crippen LogP contribution >= 0.6 is 0 Å². The number of carbonyl (C=O) groups is 4. The van der Waals surface area contributed by atoms with E-state index in [0.29, 0.717) is 13.1 Å². The molecule has 6 rings (SSSR count). The molecule has 4 fully saturated rings. The van der Waals surface area contributed by atoms with Gasteiger partial charge >= 0.3 is 0 Å². The molecule has 2 saturated heterocycles. The lowest BCUT2D eigenvalue weighted by atomic mass is 9.40. The third kappa shape index (κ3) is 1.29. The number of rotatable bonds is 2. The topological polar surface area (TPSA) is 74.8 Å². The highest BCUT2D eigenvalue weighted by atomic mass is 16.2. The average molecular weight is 328 g/mol. The molecule has 0 radical (unpaired) electrons. The van der Waals surface area contributed by atoms with Crippen LogP contribution < -0.4 is 0 Å². The van der Waals surface area contributed by atoms with E-state index in [4.69, 9.17) is 0 Å². The first-order chi connectivity index (χ1) is 11.5. The summed E-state index contributed by atoms with van der Waals surface area (Å²) in [4.78, 5) is 53.4. The van der Waals surface area contributed by atoms with E-state index in [1.165, 1.54) is 9.80 Å². The van der Waals surface area contributed by atoms with E-state index < -0.39 is 0 Å². The van der Waals surface area contributed by atoms with Gasteiger partial charge in [0, 0.05) is 13.1 Å². The van der Waals surface area contributed by atoms with Crippen LogP contribution in [0.3, 0.4) is 0 Å². The zero-order valence-corrected chi connectivity index (χ0v) is 13.7. The Morgan fingerprint density at radius 3 is 1.33 bits per heavy atom. The normalized spacial score (nSPS) is 47.9. The minimum absolute atomic E-state index is 0.0489. The summed E-state index contributed by atoms with van der Waals surface area (Å²) in [7, 11) is 0. The van der Waals surface area contributed by atoms with Gasteiger partial charge in [-0.25, -0.2) is 0 Å². The molecule has 2 saturated carbocycles.